The Hall–Kier alpha value is 0.660. The Morgan fingerprint density at radius 1 is 1.75 bits per heavy atom. The summed E-state index contributed by atoms with van der Waals surface area (Å²) in [6, 6.07) is 0. The van der Waals surface area contributed by atoms with E-state index in [1.54, 1.807) is 11.0 Å². The van der Waals surface area contributed by atoms with Crippen molar-refractivity contribution in [2.24, 2.45) is 5.92 Å². The second kappa shape index (κ2) is 2.99. The molecular formula is C5H11NS2. The van der Waals surface area contributed by atoms with Crippen molar-refractivity contribution in [2.75, 3.05) is 13.1 Å². The summed E-state index contributed by atoms with van der Waals surface area (Å²) in [7, 11) is 1.56. The number of hydrogen-bond acceptors (Lipinski definition) is 3. The Balaban J connectivity index is 2.22. The van der Waals surface area contributed by atoms with Crippen LogP contribution >= 0.6 is 22.6 Å². The minimum Gasteiger partial charge on any atom is -0.241 e. The molecule has 0 bridgehead atoms. The zero-order valence-corrected chi connectivity index (χ0v) is 6.71. The molecule has 0 aromatic carbocycles. The molecule has 48 valence electrons. The quantitative estimate of drug-likeness (QED) is 0.344. The van der Waals surface area contributed by atoms with E-state index in [2.05, 4.69) is 22.9 Å². The van der Waals surface area contributed by atoms with Crippen LogP contribution in [0.2, 0.25) is 0 Å². The Kier molecular flexibility index (Phi) is 2.53. The molecule has 1 fully saturated rings. The second-order valence-electron chi connectivity index (χ2n) is 2.36. The summed E-state index contributed by atoms with van der Waals surface area (Å²) in [6.07, 6.45) is 1.34. The Labute approximate surface area is 59.8 Å². The monoisotopic (exact) mass is 149 g/mol. The van der Waals surface area contributed by atoms with E-state index in [4.69, 9.17) is 0 Å². The predicted octanol–water partition coefficient (Wildman–Crippen LogP) is 1.82. The van der Waals surface area contributed by atoms with Gasteiger partial charge in [0.05, 0.1) is 0 Å². The third kappa shape index (κ3) is 1.57. The van der Waals surface area contributed by atoms with Gasteiger partial charge in [-0.1, -0.05) is 18.6 Å². The molecule has 1 unspecified atom stereocenters. The van der Waals surface area contributed by atoms with Crippen molar-refractivity contribution in [2.45, 2.75) is 13.3 Å². The van der Waals surface area contributed by atoms with Gasteiger partial charge in [-0.15, -0.1) is 0 Å². The van der Waals surface area contributed by atoms with Crippen LogP contribution in [0.25, 0.3) is 0 Å². The minimum atomic E-state index is 0.884. The topological polar surface area (TPSA) is 3.24 Å². The molecule has 1 aliphatic heterocycles. The first-order valence-electron chi connectivity index (χ1n) is 2.89. The van der Waals surface area contributed by atoms with E-state index in [0.717, 1.165) is 5.92 Å². The lowest BCUT2D eigenvalue weighted by molar-refractivity contribution is 0.554. The van der Waals surface area contributed by atoms with Gasteiger partial charge in [-0.3, -0.25) is 0 Å². The molecule has 0 amide bonds. The van der Waals surface area contributed by atoms with Gasteiger partial charge < -0.3 is 0 Å². The Bertz CT molecular complexity index is 76.8. The molecule has 1 rings (SSSR count). The van der Waals surface area contributed by atoms with Crippen molar-refractivity contribution in [1.29, 1.82) is 0 Å². The van der Waals surface area contributed by atoms with Crippen LogP contribution in [0.5, 0.6) is 0 Å². The third-order valence-electron chi connectivity index (χ3n) is 1.50. The van der Waals surface area contributed by atoms with Gasteiger partial charge in [0.2, 0.25) is 0 Å². The number of hydrogen-bond donors (Lipinski definition) is 1. The van der Waals surface area contributed by atoms with E-state index in [0.29, 0.717) is 0 Å². The lowest BCUT2D eigenvalue weighted by Crippen LogP contribution is -2.07. The molecule has 3 heteroatoms. The fourth-order valence-electron chi connectivity index (χ4n) is 0.969. The van der Waals surface area contributed by atoms with Crippen LogP contribution in [0, 0.1) is 5.92 Å². The van der Waals surface area contributed by atoms with Crippen molar-refractivity contribution in [3.05, 3.63) is 0 Å². The van der Waals surface area contributed by atoms with E-state index in [1.165, 1.54) is 19.5 Å². The Morgan fingerprint density at radius 3 is 2.75 bits per heavy atom. The average molecular weight is 149 g/mol. The molecule has 0 aliphatic carbocycles. The van der Waals surface area contributed by atoms with Crippen molar-refractivity contribution in [3.8, 4) is 0 Å². The fourth-order valence-corrected chi connectivity index (χ4v) is 1.92. The summed E-state index contributed by atoms with van der Waals surface area (Å²) in [6.45, 7) is 4.72. The Morgan fingerprint density at radius 2 is 2.50 bits per heavy atom. The summed E-state index contributed by atoms with van der Waals surface area (Å²) in [4.78, 5) is 0. The molecule has 0 N–H and O–H groups in total. The normalized spacial score (nSPS) is 31.5. The lowest BCUT2D eigenvalue weighted by Gasteiger charge is -2.07. The molecule has 1 saturated heterocycles. The predicted molar refractivity (Wildman–Crippen MR) is 41.9 cm³/mol. The van der Waals surface area contributed by atoms with Gasteiger partial charge in [-0.25, -0.2) is 4.31 Å². The van der Waals surface area contributed by atoms with E-state index < -0.39 is 0 Å². The van der Waals surface area contributed by atoms with Gasteiger partial charge in [0.15, 0.2) is 0 Å². The van der Waals surface area contributed by atoms with Crippen LogP contribution in [-0.4, -0.2) is 17.4 Å². The highest BCUT2D eigenvalue weighted by Gasteiger charge is 2.17. The first-order valence-corrected chi connectivity index (χ1v) is 4.72. The summed E-state index contributed by atoms with van der Waals surface area (Å²) < 4.78 is 2.29. The average Bonchev–Trinajstić information content (AvgIpc) is 2.14. The lowest BCUT2D eigenvalue weighted by atomic mass is 10.2. The van der Waals surface area contributed by atoms with Crippen molar-refractivity contribution >= 4 is 22.6 Å². The van der Waals surface area contributed by atoms with Crippen LogP contribution in [0.1, 0.15) is 13.3 Å². The molecule has 0 radical (unpaired) electrons. The SMILES string of the molecule is CC1CCN(SS)C1. The molecule has 1 aliphatic rings. The number of nitrogens with zero attached hydrogens (tertiary/aromatic N) is 1. The van der Waals surface area contributed by atoms with Crippen LogP contribution in [-0.2, 0) is 0 Å². The largest absolute Gasteiger partial charge is 0.241 e. The van der Waals surface area contributed by atoms with Crippen molar-refractivity contribution in [1.82, 2.24) is 4.31 Å². The van der Waals surface area contributed by atoms with E-state index in [-0.39, 0.29) is 0 Å². The zero-order valence-electron chi connectivity index (χ0n) is 5.00. The molecular weight excluding hydrogens is 138 g/mol. The van der Waals surface area contributed by atoms with E-state index in [9.17, 15) is 0 Å². The minimum absolute atomic E-state index is 0.884. The second-order valence-corrected chi connectivity index (χ2v) is 3.53. The number of thiol groups is 1. The van der Waals surface area contributed by atoms with E-state index in [1.807, 2.05) is 0 Å². The van der Waals surface area contributed by atoms with E-state index >= 15 is 0 Å². The van der Waals surface area contributed by atoms with Gasteiger partial charge >= 0.3 is 0 Å². The first kappa shape index (κ1) is 6.78. The van der Waals surface area contributed by atoms with Gasteiger partial charge in [0.25, 0.3) is 0 Å². The highest BCUT2D eigenvalue weighted by molar-refractivity contribution is 8.67. The molecule has 1 atom stereocenters. The summed E-state index contributed by atoms with van der Waals surface area (Å²) >= 11 is 4.10. The highest BCUT2D eigenvalue weighted by atomic mass is 33.1. The van der Waals surface area contributed by atoms with Crippen LogP contribution in [0.15, 0.2) is 0 Å². The first-order chi connectivity index (χ1) is 3.83. The molecule has 0 spiro atoms. The van der Waals surface area contributed by atoms with Gasteiger partial charge in [-0.05, 0) is 23.3 Å². The maximum atomic E-state index is 4.10. The molecule has 0 aromatic rings. The summed E-state index contributed by atoms with van der Waals surface area (Å²) in [5.41, 5.74) is 0. The summed E-state index contributed by atoms with van der Waals surface area (Å²) in [5.74, 6) is 0.884. The van der Waals surface area contributed by atoms with Gasteiger partial charge in [-0.2, -0.15) is 0 Å². The van der Waals surface area contributed by atoms with Crippen LogP contribution in [0.4, 0.5) is 0 Å². The smallest absolute Gasteiger partial charge is 0.0123 e. The molecule has 0 aromatic heterocycles. The van der Waals surface area contributed by atoms with Gasteiger partial charge in [0.1, 0.15) is 0 Å². The number of rotatable bonds is 1. The molecule has 1 heterocycles. The van der Waals surface area contributed by atoms with Crippen LogP contribution in [0.3, 0.4) is 0 Å². The summed E-state index contributed by atoms with van der Waals surface area (Å²) in [5, 5.41) is 0. The standard InChI is InChI=1S/C5H11NS2/c1-5-2-3-6(4-5)8-7/h5,7H,2-4H2,1H3. The molecule has 0 saturated carbocycles. The molecule has 8 heavy (non-hydrogen) atoms. The molecule has 1 nitrogen and oxygen atoms in total. The van der Waals surface area contributed by atoms with Crippen molar-refractivity contribution in [3.63, 3.8) is 0 Å². The zero-order chi connectivity index (χ0) is 5.98. The maximum absolute atomic E-state index is 4.10. The maximum Gasteiger partial charge on any atom is 0.0123 e. The highest BCUT2D eigenvalue weighted by Crippen LogP contribution is 2.24. The van der Waals surface area contributed by atoms with Crippen LogP contribution < -0.4 is 0 Å². The fraction of sp³-hybridized carbons (Fsp3) is 1.00. The third-order valence-corrected chi connectivity index (χ3v) is 2.76. The van der Waals surface area contributed by atoms with Gasteiger partial charge in [0, 0.05) is 13.1 Å². The van der Waals surface area contributed by atoms with Crippen molar-refractivity contribution < 1.29 is 0 Å².